The average Bonchev–Trinajstić information content (AvgIpc) is 3.19. The summed E-state index contributed by atoms with van der Waals surface area (Å²) in [5.41, 5.74) is 3.24. The Labute approximate surface area is 198 Å². The van der Waals surface area contributed by atoms with Gasteiger partial charge >= 0.3 is 0 Å². The van der Waals surface area contributed by atoms with Crippen LogP contribution in [0.4, 0.5) is 5.13 Å². The second-order valence-corrected chi connectivity index (χ2v) is 10.6. The molecule has 7 heteroatoms. The van der Waals surface area contributed by atoms with Crippen LogP contribution in [0.3, 0.4) is 0 Å². The lowest BCUT2D eigenvalue weighted by atomic mass is 10.2. The minimum absolute atomic E-state index is 0.135. The molecule has 0 radical (unpaired) electrons. The SMILES string of the molecule is Cc1ccc(SCCCC(=O)N(CCCN(C)C)c2nc3c(C)ccc(Cl)c3s2)cc1. The number of thioether (sulfide) groups is 1. The van der Waals surface area contributed by atoms with E-state index in [4.69, 9.17) is 16.6 Å². The Bertz CT molecular complexity index is 979. The van der Waals surface area contributed by atoms with Gasteiger partial charge in [-0.15, -0.1) is 11.8 Å². The normalized spacial score (nSPS) is 11.4. The number of aromatic nitrogens is 1. The van der Waals surface area contributed by atoms with Crippen molar-refractivity contribution in [1.29, 1.82) is 0 Å². The van der Waals surface area contributed by atoms with Crippen LogP contribution in [0.2, 0.25) is 5.02 Å². The van der Waals surface area contributed by atoms with Gasteiger partial charge < -0.3 is 4.90 Å². The van der Waals surface area contributed by atoms with Crippen LogP contribution in [0.5, 0.6) is 0 Å². The smallest absolute Gasteiger partial charge is 0.228 e. The zero-order valence-electron chi connectivity index (χ0n) is 18.7. The van der Waals surface area contributed by atoms with Crippen molar-refractivity contribution in [2.45, 2.75) is 38.0 Å². The van der Waals surface area contributed by atoms with E-state index in [2.05, 4.69) is 50.2 Å². The molecule has 0 N–H and O–H groups in total. The van der Waals surface area contributed by atoms with E-state index in [0.717, 1.165) is 46.1 Å². The summed E-state index contributed by atoms with van der Waals surface area (Å²) in [5, 5.41) is 1.45. The van der Waals surface area contributed by atoms with Crippen molar-refractivity contribution in [2.75, 3.05) is 37.8 Å². The van der Waals surface area contributed by atoms with Crippen LogP contribution in [0.1, 0.15) is 30.4 Å². The molecule has 0 saturated heterocycles. The topological polar surface area (TPSA) is 36.4 Å². The fraction of sp³-hybridized carbons (Fsp3) is 0.417. The van der Waals surface area contributed by atoms with E-state index < -0.39 is 0 Å². The summed E-state index contributed by atoms with van der Waals surface area (Å²) >= 11 is 9.71. The Hall–Kier alpha value is -1.60. The highest BCUT2D eigenvalue weighted by Gasteiger charge is 2.20. The molecule has 0 atom stereocenters. The van der Waals surface area contributed by atoms with Gasteiger partial charge in [0.25, 0.3) is 0 Å². The van der Waals surface area contributed by atoms with Crippen LogP contribution in [0, 0.1) is 13.8 Å². The third-order valence-corrected chi connectivity index (χ3v) is 7.67. The molecule has 0 unspecified atom stereocenters. The first-order chi connectivity index (χ1) is 14.8. The van der Waals surface area contributed by atoms with Gasteiger partial charge in [-0.3, -0.25) is 9.69 Å². The molecule has 1 amide bonds. The minimum atomic E-state index is 0.135. The largest absolute Gasteiger partial charge is 0.309 e. The minimum Gasteiger partial charge on any atom is -0.309 e. The lowest BCUT2D eigenvalue weighted by molar-refractivity contribution is -0.118. The number of benzene rings is 2. The highest BCUT2D eigenvalue weighted by atomic mass is 35.5. The molecule has 3 aromatic rings. The molecule has 3 rings (SSSR count). The number of anilines is 1. The lowest BCUT2D eigenvalue weighted by Gasteiger charge is -2.21. The lowest BCUT2D eigenvalue weighted by Crippen LogP contribution is -2.33. The van der Waals surface area contributed by atoms with E-state index in [1.54, 1.807) is 11.8 Å². The van der Waals surface area contributed by atoms with Gasteiger partial charge in [-0.05, 0) is 76.8 Å². The van der Waals surface area contributed by atoms with E-state index >= 15 is 0 Å². The zero-order chi connectivity index (χ0) is 22.4. The highest BCUT2D eigenvalue weighted by Crippen LogP contribution is 2.36. The molecule has 0 aliphatic carbocycles. The summed E-state index contributed by atoms with van der Waals surface area (Å²) in [6.45, 7) is 5.72. The van der Waals surface area contributed by atoms with Crippen LogP contribution < -0.4 is 4.90 Å². The summed E-state index contributed by atoms with van der Waals surface area (Å²) in [5.74, 6) is 1.06. The van der Waals surface area contributed by atoms with Crippen molar-refractivity contribution in [2.24, 2.45) is 0 Å². The maximum atomic E-state index is 13.2. The van der Waals surface area contributed by atoms with Crippen molar-refractivity contribution in [1.82, 2.24) is 9.88 Å². The van der Waals surface area contributed by atoms with E-state index in [1.807, 2.05) is 24.0 Å². The van der Waals surface area contributed by atoms with E-state index in [1.165, 1.54) is 21.8 Å². The fourth-order valence-corrected chi connectivity index (χ4v) is 5.47. The molecule has 0 aliphatic rings. The molecular formula is C24H30ClN3OS2. The number of hydrogen-bond donors (Lipinski definition) is 0. The predicted octanol–water partition coefficient (Wildman–Crippen LogP) is 6.42. The van der Waals surface area contributed by atoms with Gasteiger partial charge in [-0.2, -0.15) is 0 Å². The van der Waals surface area contributed by atoms with Gasteiger partial charge in [0.05, 0.1) is 15.2 Å². The molecular weight excluding hydrogens is 446 g/mol. The van der Waals surface area contributed by atoms with Crippen LogP contribution in [-0.4, -0.2) is 48.7 Å². The Kier molecular flexibility index (Phi) is 8.78. The first-order valence-corrected chi connectivity index (χ1v) is 12.7. The molecule has 1 heterocycles. The van der Waals surface area contributed by atoms with Crippen molar-refractivity contribution in [3.63, 3.8) is 0 Å². The first kappa shape index (κ1) is 24.1. The number of aryl methyl sites for hydroxylation is 2. The third kappa shape index (κ3) is 6.69. The summed E-state index contributed by atoms with van der Waals surface area (Å²) < 4.78 is 0.956. The number of hydrogen-bond acceptors (Lipinski definition) is 5. The number of fused-ring (bicyclic) bond motifs is 1. The Balaban J connectivity index is 1.67. The van der Waals surface area contributed by atoms with Crippen molar-refractivity contribution < 1.29 is 4.79 Å². The molecule has 1 aromatic heterocycles. The highest BCUT2D eigenvalue weighted by molar-refractivity contribution is 7.99. The Morgan fingerprint density at radius 2 is 1.81 bits per heavy atom. The summed E-state index contributed by atoms with van der Waals surface area (Å²) in [6.07, 6.45) is 2.26. The molecule has 2 aromatic carbocycles. The van der Waals surface area contributed by atoms with Crippen LogP contribution in [0.15, 0.2) is 41.3 Å². The predicted molar refractivity (Wildman–Crippen MR) is 136 cm³/mol. The van der Waals surface area contributed by atoms with Crippen LogP contribution in [-0.2, 0) is 4.79 Å². The standard InChI is InChI=1S/C24H30ClN3OS2/c1-17-8-11-19(12-9-17)30-16-5-7-21(29)28(15-6-14-27(3)4)24-26-22-18(2)10-13-20(25)23(22)31-24/h8-13H,5-7,14-16H2,1-4H3. The quantitative estimate of drug-likeness (QED) is 0.250. The maximum absolute atomic E-state index is 13.2. The number of rotatable bonds is 10. The van der Waals surface area contributed by atoms with Crippen LogP contribution in [0.25, 0.3) is 10.2 Å². The zero-order valence-corrected chi connectivity index (χ0v) is 21.0. The number of amides is 1. The summed E-state index contributed by atoms with van der Waals surface area (Å²) in [7, 11) is 4.10. The third-order valence-electron chi connectivity index (χ3n) is 5.03. The maximum Gasteiger partial charge on any atom is 0.228 e. The molecule has 0 bridgehead atoms. The molecule has 0 spiro atoms. The summed E-state index contributed by atoms with van der Waals surface area (Å²) in [6, 6.07) is 12.4. The second kappa shape index (κ2) is 11.3. The first-order valence-electron chi connectivity index (χ1n) is 10.6. The van der Waals surface area contributed by atoms with E-state index in [0.29, 0.717) is 18.0 Å². The van der Waals surface area contributed by atoms with E-state index in [9.17, 15) is 4.79 Å². The second-order valence-electron chi connectivity index (χ2n) is 8.01. The number of thiazole rings is 1. The van der Waals surface area contributed by atoms with Gasteiger partial charge in [0, 0.05) is 17.9 Å². The van der Waals surface area contributed by atoms with Gasteiger partial charge in [-0.25, -0.2) is 4.98 Å². The molecule has 0 saturated carbocycles. The molecule has 4 nitrogen and oxygen atoms in total. The Morgan fingerprint density at radius 1 is 1.06 bits per heavy atom. The van der Waals surface area contributed by atoms with Gasteiger partial charge in [-0.1, -0.05) is 46.7 Å². The number of carbonyl (C=O) groups is 1. The molecule has 0 fully saturated rings. The van der Waals surface area contributed by atoms with E-state index in [-0.39, 0.29) is 5.91 Å². The molecule has 31 heavy (non-hydrogen) atoms. The average molecular weight is 476 g/mol. The summed E-state index contributed by atoms with van der Waals surface area (Å²) in [4.78, 5) is 23.2. The monoisotopic (exact) mass is 475 g/mol. The number of nitrogens with zero attached hydrogens (tertiary/aromatic N) is 3. The molecule has 0 aliphatic heterocycles. The van der Waals surface area contributed by atoms with Gasteiger partial charge in [0.15, 0.2) is 5.13 Å². The fourth-order valence-electron chi connectivity index (χ4n) is 3.26. The number of halogens is 1. The Morgan fingerprint density at radius 3 is 2.48 bits per heavy atom. The number of carbonyl (C=O) groups excluding carboxylic acids is 1. The van der Waals surface area contributed by atoms with Crippen LogP contribution >= 0.6 is 34.7 Å². The van der Waals surface area contributed by atoms with Crippen molar-refractivity contribution in [3.8, 4) is 0 Å². The van der Waals surface area contributed by atoms with Gasteiger partial charge in [0.1, 0.15) is 0 Å². The molecule has 166 valence electrons. The van der Waals surface area contributed by atoms with Crippen molar-refractivity contribution >= 4 is 56.0 Å². The van der Waals surface area contributed by atoms with Crippen molar-refractivity contribution in [3.05, 3.63) is 52.5 Å². The van der Waals surface area contributed by atoms with Gasteiger partial charge in [0.2, 0.25) is 5.91 Å².